The van der Waals surface area contributed by atoms with Crippen LogP contribution >= 0.6 is 23.8 Å². The number of H-pyrrole nitrogens is 1. The summed E-state index contributed by atoms with van der Waals surface area (Å²) in [6, 6.07) is 12.0. The number of anilines is 1. The summed E-state index contributed by atoms with van der Waals surface area (Å²) in [6.07, 6.45) is 2.20. The molecule has 140 valence electrons. The first-order chi connectivity index (χ1) is 13.0. The van der Waals surface area contributed by atoms with Gasteiger partial charge in [0, 0.05) is 19.0 Å². The highest BCUT2D eigenvalue weighted by Crippen LogP contribution is 2.29. The Morgan fingerprint density at radius 3 is 2.85 bits per heavy atom. The second kappa shape index (κ2) is 7.49. The van der Waals surface area contributed by atoms with Gasteiger partial charge in [-0.2, -0.15) is 0 Å². The minimum Gasteiger partial charge on any atom is -0.348 e. The first-order valence-corrected chi connectivity index (χ1v) is 10.1. The summed E-state index contributed by atoms with van der Waals surface area (Å²) in [5, 5.41) is 4.68. The molecule has 2 aromatic carbocycles. The predicted octanol–water partition coefficient (Wildman–Crippen LogP) is 5.41. The van der Waals surface area contributed by atoms with Crippen LogP contribution in [-0.4, -0.2) is 33.1 Å². The van der Waals surface area contributed by atoms with Gasteiger partial charge in [0.25, 0.3) is 0 Å². The van der Waals surface area contributed by atoms with Gasteiger partial charge in [-0.15, -0.1) is 0 Å². The van der Waals surface area contributed by atoms with Crippen LogP contribution in [0.3, 0.4) is 0 Å². The Hall–Kier alpha value is -2.11. The van der Waals surface area contributed by atoms with Crippen molar-refractivity contribution in [2.24, 2.45) is 0 Å². The molecule has 1 atom stereocenters. The number of hydrogen-bond donors (Lipinski definition) is 2. The van der Waals surface area contributed by atoms with E-state index in [-0.39, 0.29) is 0 Å². The number of piperidine rings is 1. The zero-order valence-corrected chi connectivity index (χ0v) is 17.1. The third kappa shape index (κ3) is 3.80. The van der Waals surface area contributed by atoms with Crippen molar-refractivity contribution in [3.63, 3.8) is 0 Å². The number of rotatable bonds is 2. The van der Waals surface area contributed by atoms with Crippen LogP contribution in [0, 0.1) is 13.8 Å². The Labute approximate surface area is 169 Å². The van der Waals surface area contributed by atoms with E-state index in [2.05, 4.69) is 41.2 Å². The summed E-state index contributed by atoms with van der Waals surface area (Å²) in [4.78, 5) is 10.6. The minimum absolute atomic E-state index is 0.345. The maximum absolute atomic E-state index is 6.25. The van der Waals surface area contributed by atoms with Crippen LogP contribution in [0.5, 0.6) is 0 Å². The molecule has 0 saturated carbocycles. The molecule has 1 fully saturated rings. The van der Waals surface area contributed by atoms with Gasteiger partial charge < -0.3 is 15.2 Å². The lowest BCUT2D eigenvalue weighted by Crippen LogP contribution is -2.41. The van der Waals surface area contributed by atoms with Gasteiger partial charge in [-0.05, 0) is 74.3 Å². The molecule has 0 amide bonds. The quantitative estimate of drug-likeness (QED) is 0.566. The summed E-state index contributed by atoms with van der Waals surface area (Å²) in [5.74, 6) is 1.40. The number of imidazole rings is 1. The zero-order valence-electron chi connectivity index (χ0n) is 15.6. The van der Waals surface area contributed by atoms with E-state index in [1.165, 1.54) is 11.1 Å². The first kappa shape index (κ1) is 18.3. The molecule has 1 aromatic heterocycles. The fourth-order valence-electron chi connectivity index (χ4n) is 3.62. The highest BCUT2D eigenvalue weighted by atomic mass is 35.5. The third-order valence-corrected chi connectivity index (χ3v) is 6.02. The molecule has 1 unspecified atom stereocenters. The van der Waals surface area contributed by atoms with Crippen LogP contribution in [0.25, 0.3) is 11.0 Å². The molecule has 4 nitrogen and oxygen atoms in total. The fourth-order valence-corrected chi connectivity index (χ4v) is 4.08. The van der Waals surface area contributed by atoms with Crippen molar-refractivity contribution in [3.05, 3.63) is 58.4 Å². The van der Waals surface area contributed by atoms with E-state index in [4.69, 9.17) is 28.8 Å². The van der Waals surface area contributed by atoms with Gasteiger partial charge >= 0.3 is 0 Å². The molecule has 0 aliphatic carbocycles. The molecule has 0 bridgehead atoms. The molecule has 27 heavy (non-hydrogen) atoms. The highest BCUT2D eigenvalue weighted by molar-refractivity contribution is 7.80. The maximum Gasteiger partial charge on any atom is 0.173 e. The maximum atomic E-state index is 6.25. The standard InChI is InChI=1S/C21H23ClN4S/c1-13-10-18-19(11-14(13)2)24-20(23-18)15-6-5-9-26(12-15)21(27)25-17-8-4-3-7-16(17)22/h3-4,7-8,10-11,15H,5-6,9,12H2,1-2H3,(H,23,24)(H,25,27). The van der Waals surface area contributed by atoms with Crippen LogP contribution in [0.2, 0.25) is 5.02 Å². The Morgan fingerprint density at radius 2 is 2.04 bits per heavy atom. The molecule has 0 spiro atoms. The zero-order chi connectivity index (χ0) is 19.0. The average Bonchev–Trinajstić information content (AvgIpc) is 3.07. The smallest absolute Gasteiger partial charge is 0.173 e. The number of likely N-dealkylation sites (tertiary alicyclic amines) is 1. The monoisotopic (exact) mass is 398 g/mol. The van der Waals surface area contributed by atoms with Crippen molar-refractivity contribution < 1.29 is 0 Å². The van der Waals surface area contributed by atoms with E-state index in [9.17, 15) is 0 Å². The van der Waals surface area contributed by atoms with Crippen molar-refractivity contribution in [1.82, 2.24) is 14.9 Å². The van der Waals surface area contributed by atoms with E-state index in [1.807, 2.05) is 24.3 Å². The summed E-state index contributed by atoms with van der Waals surface area (Å²) >= 11 is 11.9. The molecule has 2 N–H and O–H groups in total. The number of thiocarbonyl (C=S) groups is 1. The minimum atomic E-state index is 0.345. The predicted molar refractivity (Wildman–Crippen MR) is 117 cm³/mol. The summed E-state index contributed by atoms with van der Waals surface area (Å²) in [6.45, 7) is 6.07. The van der Waals surface area contributed by atoms with Gasteiger partial charge in [0.15, 0.2) is 5.11 Å². The summed E-state index contributed by atoms with van der Waals surface area (Å²) in [7, 11) is 0. The van der Waals surface area contributed by atoms with Crippen LogP contribution in [0.1, 0.15) is 35.7 Å². The second-order valence-corrected chi connectivity index (χ2v) is 8.06. The number of hydrogen-bond acceptors (Lipinski definition) is 2. The van der Waals surface area contributed by atoms with Gasteiger partial charge in [0.05, 0.1) is 21.7 Å². The normalized spacial score (nSPS) is 17.3. The molecule has 4 rings (SSSR count). The molecule has 6 heteroatoms. The number of benzene rings is 2. The number of nitrogens with one attached hydrogen (secondary N) is 2. The Balaban J connectivity index is 1.51. The number of para-hydroxylation sites is 1. The van der Waals surface area contributed by atoms with Crippen molar-refractivity contribution in [2.75, 3.05) is 18.4 Å². The first-order valence-electron chi connectivity index (χ1n) is 9.28. The SMILES string of the molecule is Cc1cc2nc(C3CCCN(C(=S)Nc4ccccc4Cl)C3)[nH]c2cc1C. The second-order valence-electron chi connectivity index (χ2n) is 7.27. The molecule has 1 aliphatic heterocycles. The summed E-state index contributed by atoms with van der Waals surface area (Å²) in [5.41, 5.74) is 5.56. The topological polar surface area (TPSA) is 44.0 Å². The van der Waals surface area contributed by atoms with Gasteiger partial charge in [-0.1, -0.05) is 23.7 Å². The van der Waals surface area contributed by atoms with Gasteiger partial charge in [-0.25, -0.2) is 4.98 Å². The van der Waals surface area contributed by atoms with Crippen LogP contribution in [-0.2, 0) is 0 Å². The lowest BCUT2D eigenvalue weighted by Gasteiger charge is -2.34. The molecule has 2 heterocycles. The molecular weight excluding hydrogens is 376 g/mol. The average molecular weight is 399 g/mol. The van der Waals surface area contributed by atoms with Crippen molar-refractivity contribution in [1.29, 1.82) is 0 Å². The lowest BCUT2D eigenvalue weighted by molar-refractivity contribution is 0.307. The number of aromatic amines is 1. The van der Waals surface area contributed by atoms with Crippen LogP contribution < -0.4 is 5.32 Å². The van der Waals surface area contributed by atoms with E-state index < -0.39 is 0 Å². The number of aryl methyl sites for hydroxylation is 2. The van der Waals surface area contributed by atoms with Crippen LogP contribution in [0.4, 0.5) is 5.69 Å². The lowest BCUT2D eigenvalue weighted by atomic mass is 9.98. The molecule has 0 radical (unpaired) electrons. The van der Waals surface area contributed by atoms with Crippen molar-refractivity contribution >= 4 is 45.7 Å². The number of halogens is 1. The van der Waals surface area contributed by atoms with Crippen molar-refractivity contribution in [3.8, 4) is 0 Å². The Bertz CT molecular complexity index is 958. The molecular formula is C21H23ClN4S. The Morgan fingerprint density at radius 1 is 1.26 bits per heavy atom. The third-order valence-electron chi connectivity index (χ3n) is 5.33. The van der Waals surface area contributed by atoms with Crippen LogP contribution in [0.15, 0.2) is 36.4 Å². The Kier molecular flexibility index (Phi) is 5.06. The van der Waals surface area contributed by atoms with E-state index in [0.29, 0.717) is 10.9 Å². The largest absolute Gasteiger partial charge is 0.348 e. The van der Waals surface area contributed by atoms with Gasteiger partial charge in [0.1, 0.15) is 5.82 Å². The van der Waals surface area contributed by atoms with E-state index in [0.717, 1.165) is 53.6 Å². The molecule has 1 aliphatic rings. The number of nitrogens with zero attached hydrogens (tertiary/aromatic N) is 2. The van der Waals surface area contributed by atoms with E-state index in [1.54, 1.807) is 0 Å². The molecule has 3 aromatic rings. The van der Waals surface area contributed by atoms with Crippen molar-refractivity contribution in [2.45, 2.75) is 32.6 Å². The van der Waals surface area contributed by atoms with E-state index >= 15 is 0 Å². The number of fused-ring (bicyclic) bond motifs is 1. The molecule has 1 saturated heterocycles. The highest BCUT2D eigenvalue weighted by Gasteiger charge is 2.25. The van der Waals surface area contributed by atoms with Gasteiger partial charge in [0.2, 0.25) is 0 Å². The fraction of sp³-hybridized carbons (Fsp3) is 0.333. The number of aromatic nitrogens is 2. The van der Waals surface area contributed by atoms with Gasteiger partial charge in [-0.3, -0.25) is 0 Å². The summed E-state index contributed by atoms with van der Waals surface area (Å²) < 4.78 is 0.